The minimum Gasteiger partial charge on any atom is -0.496 e. The molecule has 0 aliphatic carbocycles. The number of hydrogen-bond donors (Lipinski definition) is 1. The van der Waals surface area contributed by atoms with Crippen LogP contribution in [0.15, 0.2) is 36.4 Å². The van der Waals surface area contributed by atoms with E-state index in [1.807, 2.05) is 24.3 Å². The molecule has 2 aliphatic heterocycles. The summed E-state index contributed by atoms with van der Waals surface area (Å²) in [6.07, 6.45) is 0. The summed E-state index contributed by atoms with van der Waals surface area (Å²) in [5.41, 5.74) is 3.42. The van der Waals surface area contributed by atoms with Crippen LogP contribution in [0.2, 0.25) is 0 Å². The number of aliphatic hydroxyl groups excluding tert-OH is 1. The largest absolute Gasteiger partial charge is 0.496 e. The van der Waals surface area contributed by atoms with Crippen molar-refractivity contribution in [3.05, 3.63) is 42.0 Å². The highest BCUT2D eigenvalue weighted by atomic mass is 16.5. The summed E-state index contributed by atoms with van der Waals surface area (Å²) in [6, 6.07) is 12.5. The first-order valence-corrected chi connectivity index (χ1v) is 11.9. The molecular formula is C26H32N4O4. The molecule has 3 aromatic rings. The Labute approximate surface area is 200 Å². The molecule has 2 aromatic heterocycles. The van der Waals surface area contributed by atoms with Crippen molar-refractivity contribution < 1.29 is 19.3 Å². The number of methoxy groups -OCH3 is 1. The van der Waals surface area contributed by atoms with E-state index in [1.165, 1.54) is 0 Å². The third kappa shape index (κ3) is 4.29. The second kappa shape index (κ2) is 9.74. The average molecular weight is 465 g/mol. The highest BCUT2D eigenvalue weighted by Gasteiger charge is 2.26. The lowest BCUT2D eigenvalue weighted by Crippen LogP contribution is -2.46. The number of hydrogen-bond acceptors (Lipinski definition) is 8. The fourth-order valence-corrected chi connectivity index (χ4v) is 4.79. The molecule has 4 heterocycles. The molecule has 2 fully saturated rings. The van der Waals surface area contributed by atoms with Crippen LogP contribution in [-0.4, -0.2) is 73.8 Å². The Hall–Kier alpha value is -2.94. The van der Waals surface area contributed by atoms with Crippen LogP contribution < -0.4 is 14.5 Å². The van der Waals surface area contributed by atoms with Crippen LogP contribution in [0.1, 0.15) is 19.4 Å². The van der Waals surface area contributed by atoms with Gasteiger partial charge in [0.25, 0.3) is 0 Å². The summed E-state index contributed by atoms with van der Waals surface area (Å²) < 4.78 is 16.7. The third-order valence-corrected chi connectivity index (χ3v) is 6.70. The van der Waals surface area contributed by atoms with Crippen molar-refractivity contribution in [3.8, 4) is 17.0 Å². The predicted octanol–water partition coefficient (Wildman–Crippen LogP) is 3.25. The minimum absolute atomic E-state index is 0.0906. The molecular weight excluding hydrogens is 432 g/mol. The van der Waals surface area contributed by atoms with Crippen molar-refractivity contribution in [1.82, 2.24) is 9.97 Å². The Morgan fingerprint density at radius 3 is 2.38 bits per heavy atom. The molecule has 0 spiro atoms. The zero-order valence-electron chi connectivity index (χ0n) is 20.0. The molecule has 2 unspecified atom stereocenters. The summed E-state index contributed by atoms with van der Waals surface area (Å²) in [7, 11) is 1.61. The van der Waals surface area contributed by atoms with E-state index >= 15 is 0 Å². The maximum absolute atomic E-state index is 9.76. The number of fused-ring (bicyclic) bond motifs is 1. The number of ether oxygens (including phenoxy) is 3. The van der Waals surface area contributed by atoms with Crippen LogP contribution in [0.4, 0.5) is 11.6 Å². The molecule has 34 heavy (non-hydrogen) atoms. The molecule has 0 saturated carbocycles. The van der Waals surface area contributed by atoms with E-state index in [0.29, 0.717) is 32.2 Å². The molecule has 8 nitrogen and oxygen atoms in total. The zero-order chi connectivity index (χ0) is 23.7. The standard InChI is InChI=1S/C26H32N4O4/c1-17-15-33-10-8-29(17)25-13-23-21(26(28-25)30-9-11-34-16-18(30)2)5-6-22(27-23)19-4-7-24(32-3)20(12-19)14-31/h4-7,12-13,17-18,31H,8-11,14-16H2,1-3H3. The Balaban J connectivity index is 1.64. The monoisotopic (exact) mass is 464 g/mol. The molecule has 5 rings (SSSR count). The number of benzene rings is 1. The third-order valence-electron chi connectivity index (χ3n) is 6.70. The van der Waals surface area contributed by atoms with Gasteiger partial charge in [-0.25, -0.2) is 9.97 Å². The van der Waals surface area contributed by atoms with Gasteiger partial charge in [-0.1, -0.05) is 0 Å². The van der Waals surface area contributed by atoms with Gasteiger partial charge in [0.05, 0.1) is 63.4 Å². The van der Waals surface area contributed by atoms with Crippen LogP contribution in [-0.2, 0) is 16.1 Å². The molecule has 0 radical (unpaired) electrons. The lowest BCUT2D eigenvalue weighted by atomic mass is 10.1. The van der Waals surface area contributed by atoms with Crippen LogP contribution in [0, 0.1) is 0 Å². The highest BCUT2D eigenvalue weighted by molar-refractivity contribution is 5.93. The maximum atomic E-state index is 9.76. The average Bonchev–Trinajstić information content (AvgIpc) is 2.88. The molecule has 8 heteroatoms. The van der Waals surface area contributed by atoms with E-state index < -0.39 is 0 Å². The molecule has 180 valence electrons. The van der Waals surface area contributed by atoms with Gasteiger partial charge in [-0.15, -0.1) is 0 Å². The summed E-state index contributed by atoms with van der Waals surface area (Å²) in [5.74, 6) is 2.54. The van der Waals surface area contributed by atoms with Crippen molar-refractivity contribution in [1.29, 1.82) is 0 Å². The number of morpholine rings is 2. The second-order valence-corrected chi connectivity index (χ2v) is 8.99. The molecule has 0 amide bonds. The molecule has 2 aliphatic rings. The van der Waals surface area contributed by atoms with E-state index in [2.05, 4.69) is 35.8 Å². The topological polar surface area (TPSA) is 80.2 Å². The second-order valence-electron chi connectivity index (χ2n) is 8.99. The number of aliphatic hydroxyl groups is 1. The summed E-state index contributed by atoms with van der Waals surface area (Å²) in [5, 5.41) is 10.8. The Morgan fingerprint density at radius 2 is 1.71 bits per heavy atom. The van der Waals surface area contributed by atoms with Crippen molar-refractivity contribution >= 4 is 22.5 Å². The highest BCUT2D eigenvalue weighted by Crippen LogP contribution is 2.34. The number of nitrogens with zero attached hydrogens (tertiary/aromatic N) is 4. The van der Waals surface area contributed by atoms with E-state index in [0.717, 1.165) is 52.4 Å². The van der Waals surface area contributed by atoms with Crippen LogP contribution in [0.25, 0.3) is 22.2 Å². The van der Waals surface area contributed by atoms with Crippen molar-refractivity contribution in [2.45, 2.75) is 32.5 Å². The molecule has 2 atom stereocenters. The number of pyridine rings is 2. The summed E-state index contributed by atoms with van der Waals surface area (Å²) in [6.45, 7) is 8.60. The number of anilines is 2. The van der Waals surface area contributed by atoms with Gasteiger partial charge >= 0.3 is 0 Å². The first-order valence-electron chi connectivity index (χ1n) is 11.9. The van der Waals surface area contributed by atoms with Crippen LogP contribution in [0.5, 0.6) is 5.75 Å². The van der Waals surface area contributed by atoms with Gasteiger partial charge < -0.3 is 29.1 Å². The van der Waals surface area contributed by atoms with Gasteiger partial charge in [0.2, 0.25) is 0 Å². The van der Waals surface area contributed by atoms with Gasteiger partial charge in [-0.2, -0.15) is 0 Å². The predicted molar refractivity (Wildman–Crippen MR) is 133 cm³/mol. The SMILES string of the molecule is COc1ccc(-c2ccc3c(N4CCOCC4C)nc(N4CCOCC4C)cc3n2)cc1CO. The first kappa shape index (κ1) is 22.8. The van der Waals surface area contributed by atoms with Gasteiger partial charge in [0.15, 0.2) is 0 Å². The number of rotatable bonds is 5. The fourth-order valence-electron chi connectivity index (χ4n) is 4.79. The van der Waals surface area contributed by atoms with E-state index in [9.17, 15) is 5.11 Å². The van der Waals surface area contributed by atoms with Crippen molar-refractivity contribution in [2.24, 2.45) is 0 Å². The minimum atomic E-state index is -0.0906. The van der Waals surface area contributed by atoms with Crippen LogP contribution >= 0.6 is 0 Å². The summed E-state index contributed by atoms with van der Waals surface area (Å²) >= 11 is 0. The molecule has 0 bridgehead atoms. The zero-order valence-corrected chi connectivity index (χ0v) is 20.0. The Kier molecular flexibility index (Phi) is 6.54. The summed E-state index contributed by atoms with van der Waals surface area (Å²) in [4.78, 5) is 14.9. The van der Waals surface area contributed by atoms with Gasteiger partial charge in [0, 0.05) is 35.7 Å². The van der Waals surface area contributed by atoms with Gasteiger partial charge in [0.1, 0.15) is 17.4 Å². The van der Waals surface area contributed by atoms with E-state index in [4.69, 9.17) is 24.2 Å². The van der Waals surface area contributed by atoms with E-state index in [1.54, 1.807) is 7.11 Å². The van der Waals surface area contributed by atoms with Gasteiger partial charge in [-0.05, 0) is 44.2 Å². The smallest absolute Gasteiger partial charge is 0.140 e. The van der Waals surface area contributed by atoms with Crippen molar-refractivity contribution in [3.63, 3.8) is 0 Å². The Morgan fingerprint density at radius 1 is 0.971 bits per heavy atom. The lowest BCUT2D eigenvalue weighted by Gasteiger charge is -2.37. The van der Waals surface area contributed by atoms with Gasteiger partial charge in [-0.3, -0.25) is 0 Å². The molecule has 1 N–H and O–H groups in total. The van der Waals surface area contributed by atoms with Crippen molar-refractivity contribution in [2.75, 3.05) is 56.4 Å². The molecule has 1 aromatic carbocycles. The Bertz CT molecular complexity index is 1170. The maximum Gasteiger partial charge on any atom is 0.140 e. The quantitative estimate of drug-likeness (QED) is 0.617. The molecule has 2 saturated heterocycles. The van der Waals surface area contributed by atoms with E-state index in [-0.39, 0.29) is 18.7 Å². The first-order chi connectivity index (χ1) is 16.6. The lowest BCUT2D eigenvalue weighted by molar-refractivity contribution is 0.0976. The normalized spacial score (nSPS) is 21.2. The van der Waals surface area contributed by atoms with Crippen LogP contribution in [0.3, 0.4) is 0 Å². The fraction of sp³-hybridized carbons (Fsp3) is 0.462. The number of aromatic nitrogens is 2.